The lowest BCUT2D eigenvalue weighted by atomic mass is 10.0. The Bertz CT molecular complexity index is 792. The number of carbonyl (C=O) groups excluding carboxylic acids is 1. The molecule has 0 aliphatic carbocycles. The molecule has 1 aliphatic rings. The average molecular weight is 434 g/mol. The van der Waals surface area contributed by atoms with E-state index >= 15 is 0 Å². The van der Waals surface area contributed by atoms with E-state index in [1.165, 1.54) is 19.3 Å². The van der Waals surface area contributed by atoms with Gasteiger partial charge in [0.1, 0.15) is 24.2 Å². The van der Waals surface area contributed by atoms with Gasteiger partial charge in [-0.15, -0.1) is 12.4 Å². The molecule has 2 aromatic carbocycles. The van der Waals surface area contributed by atoms with Crippen molar-refractivity contribution < 1.29 is 19.4 Å². The summed E-state index contributed by atoms with van der Waals surface area (Å²) in [5.74, 6) is 1.38. The van der Waals surface area contributed by atoms with Crippen LogP contribution >= 0.6 is 12.4 Å². The van der Waals surface area contributed by atoms with Crippen molar-refractivity contribution in [3.8, 4) is 11.5 Å². The summed E-state index contributed by atoms with van der Waals surface area (Å²) in [7, 11) is 1.57. The number of carbonyl (C=O) groups is 1. The number of para-hydroxylation sites is 2. The van der Waals surface area contributed by atoms with E-state index in [4.69, 9.17) is 9.47 Å². The molecule has 0 spiro atoms. The minimum absolute atomic E-state index is 0. The highest BCUT2D eigenvalue weighted by Gasteiger charge is 2.16. The first-order valence-electron chi connectivity index (χ1n) is 10.4. The Balaban J connectivity index is 0.00000320. The van der Waals surface area contributed by atoms with Gasteiger partial charge in [-0.3, -0.25) is 4.79 Å². The molecule has 30 heavy (non-hydrogen) atoms. The third kappa shape index (κ3) is 7.01. The molecule has 6 heteroatoms. The van der Waals surface area contributed by atoms with Gasteiger partial charge in [0.2, 0.25) is 0 Å². The van der Waals surface area contributed by atoms with Crippen LogP contribution < -0.4 is 9.47 Å². The maximum Gasteiger partial charge on any atom is 0.166 e. The summed E-state index contributed by atoms with van der Waals surface area (Å²) in [4.78, 5) is 14.9. The highest BCUT2D eigenvalue weighted by Crippen LogP contribution is 2.23. The fourth-order valence-electron chi connectivity index (χ4n) is 3.79. The fourth-order valence-corrected chi connectivity index (χ4v) is 3.79. The second-order valence-electron chi connectivity index (χ2n) is 7.56. The zero-order valence-corrected chi connectivity index (χ0v) is 18.4. The van der Waals surface area contributed by atoms with Gasteiger partial charge in [-0.25, -0.2) is 0 Å². The topological polar surface area (TPSA) is 59.0 Å². The van der Waals surface area contributed by atoms with E-state index in [1.807, 2.05) is 36.4 Å². The summed E-state index contributed by atoms with van der Waals surface area (Å²) in [5, 5.41) is 10.3. The predicted octanol–water partition coefficient (Wildman–Crippen LogP) is 4.16. The number of nitrogens with zero attached hydrogens (tertiary/aromatic N) is 1. The van der Waals surface area contributed by atoms with Crippen molar-refractivity contribution in [2.75, 3.05) is 33.4 Å². The Morgan fingerprint density at radius 2 is 1.70 bits per heavy atom. The fraction of sp³-hybridized carbons (Fsp3) is 0.458. The highest BCUT2D eigenvalue weighted by molar-refractivity contribution is 5.98. The number of rotatable bonds is 10. The molecule has 0 saturated carbocycles. The van der Waals surface area contributed by atoms with Crippen molar-refractivity contribution in [3.63, 3.8) is 0 Å². The Labute approximate surface area is 185 Å². The maximum absolute atomic E-state index is 12.6. The number of halogens is 1. The largest absolute Gasteiger partial charge is 0.496 e. The number of likely N-dealkylation sites (tertiary alicyclic amines) is 1. The molecule has 1 heterocycles. The number of piperidine rings is 1. The summed E-state index contributed by atoms with van der Waals surface area (Å²) in [6, 6.07) is 15.0. The number of aryl methyl sites for hydroxylation is 1. The van der Waals surface area contributed by atoms with E-state index in [9.17, 15) is 9.90 Å². The molecule has 3 rings (SSSR count). The van der Waals surface area contributed by atoms with Crippen LogP contribution in [0.2, 0.25) is 0 Å². The van der Waals surface area contributed by atoms with E-state index in [-0.39, 0.29) is 24.8 Å². The van der Waals surface area contributed by atoms with Gasteiger partial charge in [0.05, 0.1) is 12.7 Å². The highest BCUT2D eigenvalue weighted by atomic mass is 35.5. The van der Waals surface area contributed by atoms with Gasteiger partial charge in [-0.1, -0.05) is 36.8 Å². The minimum atomic E-state index is -0.517. The number of aliphatic hydroxyl groups is 1. The number of aliphatic hydroxyl groups excluding tert-OH is 1. The van der Waals surface area contributed by atoms with Crippen LogP contribution in [0.1, 0.15) is 41.6 Å². The third-order valence-electron chi connectivity index (χ3n) is 5.35. The van der Waals surface area contributed by atoms with Crippen LogP contribution in [0.15, 0.2) is 48.5 Å². The first-order chi connectivity index (χ1) is 14.2. The number of hydrogen-bond acceptors (Lipinski definition) is 5. The van der Waals surface area contributed by atoms with E-state index in [1.54, 1.807) is 19.2 Å². The number of methoxy groups -OCH3 is 1. The van der Waals surface area contributed by atoms with E-state index in [2.05, 4.69) is 4.90 Å². The zero-order valence-electron chi connectivity index (χ0n) is 17.6. The lowest BCUT2D eigenvalue weighted by molar-refractivity contribution is 0.0614. The van der Waals surface area contributed by atoms with Crippen molar-refractivity contribution in [1.29, 1.82) is 0 Å². The summed E-state index contributed by atoms with van der Waals surface area (Å²) < 4.78 is 11.2. The van der Waals surface area contributed by atoms with Gasteiger partial charge >= 0.3 is 0 Å². The Morgan fingerprint density at radius 3 is 2.43 bits per heavy atom. The lowest BCUT2D eigenvalue weighted by Gasteiger charge is -2.28. The molecule has 164 valence electrons. The number of benzene rings is 2. The van der Waals surface area contributed by atoms with Crippen LogP contribution in [0.5, 0.6) is 11.5 Å². The van der Waals surface area contributed by atoms with Crippen molar-refractivity contribution >= 4 is 18.2 Å². The second kappa shape index (κ2) is 12.6. The van der Waals surface area contributed by atoms with Gasteiger partial charge in [0.15, 0.2) is 5.78 Å². The monoisotopic (exact) mass is 433 g/mol. The molecule has 0 radical (unpaired) electrons. The molecule has 0 aromatic heterocycles. The van der Waals surface area contributed by atoms with Crippen molar-refractivity contribution in [3.05, 3.63) is 59.7 Å². The number of ketones is 1. The Morgan fingerprint density at radius 1 is 1.03 bits per heavy atom. The van der Waals surface area contributed by atoms with Gasteiger partial charge in [0, 0.05) is 13.0 Å². The van der Waals surface area contributed by atoms with Gasteiger partial charge in [-0.2, -0.15) is 0 Å². The first kappa shape index (κ1) is 24.2. The molecule has 0 bridgehead atoms. The van der Waals surface area contributed by atoms with Crippen LogP contribution in [-0.2, 0) is 6.42 Å². The van der Waals surface area contributed by atoms with Gasteiger partial charge in [-0.05, 0) is 56.1 Å². The minimum Gasteiger partial charge on any atom is -0.496 e. The molecule has 1 fully saturated rings. The number of Topliss-reactive ketones (excluding diaryl/α,β-unsaturated/α-hetero) is 1. The summed E-state index contributed by atoms with van der Waals surface area (Å²) in [5.41, 5.74) is 1.58. The van der Waals surface area contributed by atoms with E-state index in [0.717, 1.165) is 24.4 Å². The van der Waals surface area contributed by atoms with Crippen LogP contribution in [0.3, 0.4) is 0 Å². The molecule has 1 aliphatic heterocycles. The summed E-state index contributed by atoms with van der Waals surface area (Å²) in [6.07, 6.45) is 4.13. The molecule has 0 amide bonds. The normalized spacial score (nSPS) is 15.1. The smallest absolute Gasteiger partial charge is 0.166 e. The number of hydrogen-bond donors (Lipinski definition) is 1. The summed E-state index contributed by atoms with van der Waals surface area (Å²) >= 11 is 0. The second-order valence-corrected chi connectivity index (χ2v) is 7.56. The van der Waals surface area contributed by atoms with Crippen molar-refractivity contribution in [1.82, 2.24) is 4.90 Å². The number of β-amino-alcohol motifs (C(OH)–C–C–N with tert-alkyl or cyclic N) is 1. The predicted molar refractivity (Wildman–Crippen MR) is 121 cm³/mol. The van der Waals surface area contributed by atoms with E-state index < -0.39 is 6.10 Å². The first-order valence-corrected chi connectivity index (χ1v) is 10.4. The van der Waals surface area contributed by atoms with Crippen LogP contribution in [0.4, 0.5) is 0 Å². The molecular formula is C24H32ClNO4. The molecular weight excluding hydrogens is 402 g/mol. The Hall–Kier alpha value is -2.08. The molecule has 1 saturated heterocycles. The van der Waals surface area contributed by atoms with Crippen LogP contribution in [0.25, 0.3) is 0 Å². The van der Waals surface area contributed by atoms with Crippen LogP contribution in [-0.4, -0.2) is 55.2 Å². The molecule has 5 nitrogen and oxygen atoms in total. The quantitative estimate of drug-likeness (QED) is 0.570. The molecule has 1 unspecified atom stereocenters. The van der Waals surface area contributed by atoms with Crippen LogP contribution in [0, 0.1) is 0 Å². The average Bonchev–Trinajstić information content (AvgIpc) is 2.77. The SMILES string of the molecule is COc1ccccc1C(=O)CCc1ccccc1OCC(O)CN1CCCCC1.Cl. The number of ether oxygens (including phenoxy) is 2. The summed E-state index contributed by atoms with van der Waals surface area (Å²) in [6.45, 7) is 3.01. The van der Waals surface area contributed by atoms with Gasteiger partial charge < -0.3 is 19.5 Å². The zero-order chi connectivity index (χ0) is 20.5. The molecule has 2 aromatic rings. The van der Waals surface area contributed by atoms with Crippen molar-refractivity contribution in [2.24, 2.45) is 0 Å². The van der Waals surface area contributed by atoms with E-state index in [0.29, 0.717) is 30.7 Å². The molecule has 1 N–H and O–H groups in total. The maximum atomic E-state index is 12.6. The van der Waals surface area contributed by atoms with Gasteiger partial charge in [0.25, 0.3) is 0 Å². The standard InChI is InChI=1S/C24H31NO4.ClH/c1-28-24-12-6-4-10-21(24)22(27)14-13-19-9-3-5-11-23(19)29-18-20(26)17-25-15-7-2-8-16-25;/h3-6,9-12,20,26H,2,7-8,13-18H2,1H3;1H. The molecule has 1 atom stereocenters. The lowest BCUT2D eigenvalue weighted by Crippen LogP contribution is -2.38. The third-order valence-corrected chi connectivity index (χ3v) is 5.35. The Kier molecular flexibility index (Phi) is 10.1. The van der Waals surface area contributed by atoms with Crippen molar-refractivity contribution in [2.45, 2.75) is 38.2 Å².